The summed E-state index contributed by atoms with van der Waals surface area (Å²) in [6.07, 6.45) is 0. The van der Waals surface area contributed by atoms with Crippen molar-refractivity contribution in [2.24, 2.45) is 0 Å². The van der Waals surface area contributed by atoms with E-state index in [2.05, 4.69) is 18.7 Å². The number of nitrogens with zero attached hydrogens (tertiary/aromatic N) is 1. The highest BCUT2D eigenvalue weighted by molar-refractivity contribution is 5.89. The lowest BCUT2D eigenvalue weighted by atomic mass is 10.1. The molecule has 0 aliphatic carbocycles. The average molecular weight is 207 g/mol. The molecule has 0 fully saturated rings. The molecule has 1 aromatic rings. The van der Waals surface area contributed by atoms with Gasteiger partial charge in [-0.15, -0.1) is 0 Å². The van der Waals surface area contributed by atoms with Gasteiger partial charge in [-0.25, -0.2) is 4.79 Å². The standard InChI is InChI=1S/C12H17NO2/c1-4-13(5-2)10-6-7-11(12(14)15)9(3)8-10/h6-8H,4-5H2,1-3H3,(H,14,15). The molecule has 3 nitrogen and oxygen atoms in total. The van der Waals surface area contributed by atoms with Crippen LogP contribution in [0.4, 0.5) is 5.69 Å². The van der Waals surface area contributed by atoms with E-state index in [9.17, 15) is 4.79 Å². The van der Waals surface area contributed by atoms with Gasteiger partial charge >= 0.3 is 5.97 Å². The molecule has 1 aromatic carbocycles. The maximum absolute atomic E-state index is 10.8. The lowest BCUT2D eigenvalue weighted by Gasteiger charge is -2.21. The van der Waals surface area contributed by atoms with Gasteiger partial charge in [0.1, 0.15) is 0 Å². The van der Waals surface area contributed by atoms with E-state index in [1.807, 2.05) is 19.1 Å². The molecule has 15 heavy (non-hydrogen) atoms. The van der Waals surface area contributed by atoms with Gasteiger partial charge in [-0.1, -0.05) is 0 Å². The minimum Gasteiger partial charge on any atom is -0.478 e. The second-order valence-corrected chi connectivity index (χ2v) is 3.48. The highest BCUT2D eigenvalue weighted by Gasteiger charge is 2.09. The van der Waals surface area contributed by atoms with Crippen molar-refractivity contribution in [2.45, 2.75) is 20.8 Å². The van der Waals surface area contributed by atoms with Crippen molar-refractivity contribution in [3.63, 3.8) is 0 Å². The number of carboxylic acid groups (broad SMARTS) is 1. The molecule has 0 atom stereocenters. The molecule has 1 rings (SSSR count). The molecule has 0 bridgehead atoms. The molecule has 0 aliphatic rings. The molecule has 0 aliphatic heterocycles. The maximum atomic E-state index is 10.8. The van der Waals surface area contributed by atoms with Crippen molar-refractivity contribution in [1.82, 2.24) is 0 Å². The average Bonchev–Trinajstić information content (AvgIpc) is 2.19. The maximum Gasteiger partial charge on any atom is 0.335 e. The van der Waals surface area contributed by atoms with E-state index in [0.717, 1.165) is 24.3 Å². The highest BCUT2D eigenvalue weighted by atomic mass is 16.4. The van der Waals surface area contributed by atoms with Crippen LogP contribution in [0.2, 0.25) is 0 Å². The number of aromatic carboxylic acids is 1. The predicted molar refractivity (Wildman–Crippen MR) is 61.7 cm³/mol. The van der Waals surface area contributed by atoms with Gasteiger partial charge < -0.3 is 10.0 Å². The quantitative estimate of drug-likeness (QED) is 0.824. The van der Waals surface area contributed by atoms with Crippen LogP contribution in [0.3, 0.4) is 0 Å². The van der Waals surface area contributed by atoms with Crippen molar-refractivity contribution >= 4 is 11.7 Å². The molecular weight excluding hydrogens is 190 g/mol. The van der Waals surface area contributed by atoms with Crippen molar-refractivity contribution in [2.75, 3.05) is 18.0 Å². The Hall–Kier alpha value is -1.51. The topological polar surface area (TPSA) is 40.5 Å². The lowest BCUT2D eigenvalue weighted by molar-refractivity contribution is 0.0696. The third-order valence-electron chi connectivity index (χ3n) is 2.57. The van der Waals surface area contributed by atoms with E-state index in [4.69, 9.17) is 5.11 Å². The fraction of sp³-hybridized carbons (Fsp3) is 0.417. The SMILES string of the molecule is CCN(CC)c1ccc(C(=O)O)c(C)c1. The van der Waals surface area contributed by atoms with E-state index >= 15 is 0 Å². The Balaban J connectivity index is 3.05. The highest BCUT2D eigenvalue weighted by Crippen LogP contribution is 2.18. The lowest BCUT2D eigenvalue weighted by Crippen LogP contribution is -2.22. The van der Waals surface area contributed by atoms with Crippen LogP contribution >= 0.6 is 0 Å². The summed E-state index contributed by atoms with van der Waals surface area (Å²) < 4.78 is 0. The summed E-state index contributed by atoms with van der Waals surface area (Å²) >= 11 is 0. The summed E-state index contributed by atoms with van der Waals surface area (Å²) in [5.74, 6) is -0.862. The molecule has 1 N–H and O–H groups in total. The summed E-state index contributed by atoms with van der Waals surface area (Å²) in [6, 6.07) is 5.46. The summed E-state index contributed by atoms with van der Waals surface area (Å²) in [4.78, 5) is 13.0. The van der Waals surface area contributed by atoms with Gasteiger partial charge in [0, 0.05) is 18.8 Å². The first kappa shape index (κ1) is 11.6. The monoisotopic (exact) mass is 207 g/mol. The van der Waals surface area contributed by atoms with Crippen LogP contribution in [0.1, 0.15) is 29.8 Å². The molecule has 0 saturated carbocycles. The Labute approximate surface area is 90.3 Å². The second-order valence-electron chi connectivity index (χ2n) is 3.48. The normalized spacial score (nSPS) is 10.1. The van der Waals surface area contributed by atoms with Crippen LogP contribution in [0.15, 0.2) is 18.2 Å². The summed E-state index contributed by atoms with van der Waals surface area (Å²) in [5.41, 5.74) is 2.28. The molecule has 0 heterocycles. The molecular formula is C12H17NO2. The van der Waals surface area contributed by atoms with Gasteiger partial charge in [0.05, 0.1) is 5.56 Å². The van der Waals surface area contributed by atoms with Crippen LogP contribution in [-0.2, 0) is 0 Å². The van der Waals surface area contributed by atoms with Crippen molar-refractivity contribution in [3.05, 3.63) is 29.3 Å². The number of aryl methyl sites for hydroxylation is 1. The number of carbonyl (C=O) groups is 1. The number of hydrogen-bond acceptors (Lipinski definition) is 2. The van der Waals surface area contributed by atoms with Crippen molar-refractivity contribution in [3.8, 4) is 0 Å². The van der Waals surface area contributed by atoms with E-state index in [0.29, 0.717) is 5.56 Å². The molecule has 3 heteroatoms. The van der Waals surface area contributed by atoms with E-state index in [-0.39, 0.29) is 0 Å². The largest absolute Gasteiger partial charge is 0.478 e. The predicted octanol–water partition coefficient (Wildman–Crippen LogP) is 2.54. The smallest absolute Gasteiger partial charge is 0.335 e. The third-order valence-corrected chi connectivity index (χ3v) is 2.57. The molecule has 0 unspecified atom stereocenters. The van der Waals surface area contributed by atoms with Crippen molar-refractivity contribution in [1.29, 1.82) is 0 Å². The molecule has 0 aromatic heterocycles. The zero-order valence-corrected chi connectivity index (χ0v) is 9.45. The Kier molecular flexibility index (Phi) is 3.72. The van der Waals surface area contributed by atoms with E-state index in [1.54, 1.807) is 6.07 Å². The van der Waals surface area contributed by atoms with Crippen LogP contribution in [0.25, 0.3) is 0 Å². The first-order valence-corrected chi connectivity index (χ1v) is 5.19. The first-order valence-electron chi connectivity index (χ1n) is 5.19. The summed E-state index contributed by atoms with van der Waals surface area (Å²) in [5, 5.41) is 8.90. The van der Waals surface area contributed by atoms with Crippen LogP contribution in [0.5, 0.6) is 0 Å². The van der Waals surface area contributed by atoms with Gasteiger partial charge in [-0.3, -0.25) is 0 Å². The molecule has 82 valence electrons. The van der Waals surface area contributed by atoms with Crippen molar-refractivity contribution < 1.29 is 9.90 Å². The molecule has 0 radical (unpaired) electrons. The zero-order chi connectivity index (χ0) is 11.4. The summed E-state index contributed by atoms with van der Waals surface area (Å²) in [6.45, 7) is 7.87. The fourth-order valence-corrected chi connectivity index (χ4v) is 1.67. The number of benzene rings is 1. The zero-order valence-electron chi connectivity index (χ0n) is 9.45. The summed E-state index contributed by atoms with van der Waals surface area (Å²) in [7, 11) is 0. The van der Waals surface area contributed by atoms with E-state index < -0.39 is 5.97 Å². The van der Waals surface area contributed by atoms with Crippen LogP contribution in [0, 0.1) is 6.92 Å². The number of rotatable bonds is 4. The molecule has 0 saturated heterocycles. The third kappa shape index (κ3) is 2.49. The number of hydrogen-bond donors (Lipinski definition) is 1. The Morgan fingerprint density at radius 1 is 1.33 bits per heavy atom. The fourth-order valence-electron chi connectivity index (χ4n) is 1.67. The van der Waals surface area contributed by atoms with Gasteiger partial charge in [-0.05, 0) is 44.5 Å². The number of carboxylic acids is 1. The molecule has 0 amide bonds. The van der Waals surface area contributed by atoms with Gasteiger partial charge in [0.2, 0.25) is 0 Å². The first-order chi connectivity index (χ1) is 7.10. The van der Waals surface area contributed by atoms with E-state index in [1.165, 1.54) is 0 Å². The minimum atomic E-state index is -0.862. The van der Waals surface area contributed by atoms with Gasteiger partial charge in [-0.2, -0.15) is 0 Å². The Morgan fingerprint density at radius 2 is 1.93 bits per heavy atom. The second kappa shape index (κ2) is 4.82. The Bertz CT molecular complexity index is 357. The number of anilines is 1. The Morgan fingerprint density at radius 3 is 2.33 bits per heavy atom. The van der Waals surface area contributed by atoms with Gasteiger partial charge in [0.15, 0.2) is 0 Å². The van der Waals surface area contributed by atoms with Crippen LogP contribution < -0.4 is 4.90 Å². The van der Waals surface area contributed by atoms with Gasteiger partial charge in [0.25, 0.3) is 0 Å². The van der Waals surface area contributed by atoms with Crippen LogP contribution in [-0.4, -0.2) is 24.2 Å². The minimum absolute atomic E-state index is 0.380. The molecule has 0 spiro atoms.